The summed E-state index contributed by atoms with van der Waals surface area (Å²) in [7, 11) is 0. The monoisotopic (exact) mass is 531 g/mol. The molecule has 0 aromatic carbocycles. The maximum absolute atomic E-state index is 12.2. The molecule has 0 aliphatic heterocycles. The predicted octanol–water partition coefficient (Wildman–Crippen LogP) is 4.50. The van der Waals surface area contributed by atoms with E-state index in [1.165, 1.54) is 0 Å². The van der Waals surface area contributed by atoms with Gasteiger partial charge in [-0.15, -0.1) is 12.4 Å². The number of hydrogen-bond acceptors (Lipinski definition) is 7. The molecule has 0 bridgehead atoms. The van der Waals surface area contributed by atoms with E-state index >= 15 is 0 Å². The fraction of sp³-hybridized carbons (Fsp3) is 0.524. The number of hydrogen-bond donors (Lipinski definition) is 3. The number of nitrogens with one attached hydrogen (secondary N) is 3. The first-order valence-corrected chi connectivity index (χ1v) is 10.8. The van der Waals surface area contributed by atoms with Crippen LogP contribution in [-0.4, -0.2) is 52.9 Å². The van der Waals surface area contributed by atoms with Gasteiger partial charge in [0.25, 0.3) is 0 Å². The third kappa shape index (κ3) is 8.76. The second-order valence-electron chi connectivity index (χ2n) is 8.62. The third-order valence-corrected chi connectivity index (χ3v) is 4.36. The molecule has 2 aromatic rings. The zero-order chi connectivity index (χ0) is 23.2. The summed E-state index contributed by atoms with van der Waals surface area (Å²) >= 11 is 3.40. The molecule has 178 valence electrons. The molecule has 2 heterocycles. The van der Waals surface area contributed by atoms with Crippen molar-refractivity contribution in [3.05, 3.63) is 22.9 Å². The third-order valence-electron chi connectivity index (χ3n) is 3.93. The molecule has 2 rings (SSSR count). The standard InChI is InChI=1S/C21H30BrN5O4.ClH/c1-7-30-11-16(28)26-15-10-23-14-8-13(22)9-24-17(14)18(15)25-12-21(5,6)27-19(29)31-20(2,3)4;/h8-10H,7,11-12H2,1-6H3,(H,23,25)(H,26,28)(H,27,29);1H. The average molecular weight is 533 g/mol. The molecule has 0 saturated heterocycles. The quantitative estimate of drug-likeness (QED) is 0.458. The van der Waals surface area contributed by atoms with Gasteiger partial charge in [0.2, 0.25) is 5.91 Å². The van der Waals surface area contributed by atoms with Crippen molar-refractivity contribution >= 4 is 62.7 Å². The van der Waals surface area contributed by atoms with E-state index in [1.54, 1.807) is 12.4 Å². The lowest BCUT2D eigenvalue weighted by molar-refractivity contribution is -0.120. The van der Waals surface area contributed by atoms with Crippen LogP contribution in [0.1, 0.15) is 41.5 Å². The lowest BCUT2D eigenvalue weighted by atomic mass is 10.1. The summed E-state index contributed by atoms with van der Waals surface area (Å²) in [6.07, 6.45) is 2.72. The van der Waals surface area contributed by atoms with Gasteiger partial charge in [-0.05, 0) is 63.5 Å². The van der Waals surface area contributed by atoms with Crippen molar-refractivity contribution in [2.45, 2.75) is 52.7 Å². The van der Waals surface area contributed by atoms with Gasteiger partial charge in [-0.2, -0.15) is 0 Å². The summed E-state index contributed by atoms with van der Waals surface area (Å²) in [6, 6.07) is 1.84. The molecule has 9 nitrogen and oxygen atoms in total. The lowest BCUT2D eigenvalue weighted by Gasteiger charge is -2.29. The molecule has 0 saturated carbocycles. The Morgan fingerprint density at radius 1 is 1.12 bits per heavy atom. The topological polar surface area (TPSA) is 114 Å². The van der Waals surface area contributed by atoms with Crippen molar-refractivity contribution in [3.8, 4) is 0 Å². The Labute approximate surface area is 203 Å². The van der Waals surface area contributed by atoms with Gasteiger partial charge >= 0.3 is 6.09 Å². The van der Waals surface area contributed by atoms with Crippen LogP contribution in [0.3, 0.4) is 0 Å². The van der Waals surface area contributed by atoms with E-state index in [1.807, 2.05) is 47.6 Å². The summed E-state index contributed by atoms with van der Waals surface area (Å²) in [4.78, 5) is 33.2. The van der Waals surface area contributed by atoms with Crippen molar-refractivity contribution < 1.29 is 19.1 Å². The highest BCUT2D eigenvalue weighted by Crippen LogP contribution is 2.30. The van der Waals surface area contributed by atoms with Gasteiger partial charge in [0.1, 0.15) is 17.7 Å². The number of anilines is 2. The van der Waals surface area contributed by atoms with Gasteiger partial charge in [-0.1, -0.05) is 0 Å². The lowest BCUT2D eigenvalue weighted by Crippen LogP contribution is -2.50. The largest absolute Gasteiger partial charge is 0.444 e. The molecule has 11 heteroatoms. The Morgan fingerprint density at radius 2 is 1.81 bits per heavy atom. The molecule has 0 atom stereocenters. The van der Waals surface area contributed by atoms with Gasteiger partial charge in [-0.3, -0.25) is 14.8 Å². The smallest absolute Gasteiger partial charge is 0.408 e. The van der Waals surface area contributed by atoms with Crippen molar-refractivity contribution in [1.29, 1.82) is 0 Å². The first-order chi connectivity index (χ1) is 14.4. The summed E-state index contributed by atoms with van der Waals surface area (Å²) < 4.78 is 11.3. The molecule has 3 N–H and O–H groups in total. The van der Waals surface area contributed by atoms with Crippen molar-refractivity contribution in [2.24, 2.45) is 0 Å². The predicted molar refractivity (Wildman–Crippen MR) is 132 cm³/mol. The highest BCUT2D eigenvalue weighted by atomic mass is 79.9. The van der Waals surface area contributed by atoms with E-state index in [-0.39, 0.29) is 24.9 Å². The highest BCUT2D eigenvalue weighted by Gasteiger charge is 2.25. The summed E-state index contributed by atoms with van der Waals surface area (Å²) in [6.45, 7) is 11.7. The van der Waals surface area contributed by atoms with Crippen LogP contribution < -0.4 is 16.0 Å². The van der Waals surface area contributed by atoms with Gasteiger partial charge < -0.3 is 25.4 Å². The van der Waals surface area contributed by atoms with Gasteiger partial charge in [0, 0.05) is 23.8 Å². The van der Waals surface area contributed by atoms with Crippen LogP contribution >= 0.6 is 28.3 Å². The van der Waals surface area contributed by atoms with Crippen LogP contribution in [0.5, 0.6) is 0 Å². The molecule has 0 spiro atoms. The highest BCUT2D eigenvalue weighted by molar-refractivity contribution is 9.10. The molecular weight excluding hydrogens is 502 g/mol. The minimum Gasteiger partial charge on any atom is -0.444 e. The van der Waals surface area contributed by atoms with E-state index in [0.717, 1.165) is 4.47 Å². The fourth-order valence-corrected chi connectivity index (χ4v) is 2.95. The maximum atomic E-state index is 12.2. The normalized spacial score (nSPS) is 11.5. The second-order valence-corrected chi connectivity index (χ2v) is 9.53. The molecule has 0 radical (unpaired) electrons. The van der Waals surface area contributed by atoms with E-state index in [9.17, 15) is 9.59 Å². The van der Waals surface area contributed by atoms with Crippen LogP contribution in [0.2, 0.25) is 0 Å². The van der Waals surface area contributed by atoms with E-state index in [4.69, 9.17) is 9.47 Å². The number of aromatic nitrogens is 2. The van der Waals surface area contributed by atoms with Crippen LogP contribution in [0, 0.1) is 0 Å². The Bertz CT molecular complexity index is 950. The minimum atomic E-state index is -0.653. The molecule has 0 fully saturated rings. The van der Waals surface area contributed by atoms with Gasteiger partial charge in [0.05, 0.1) is 28.6 Å². The number of nitrogens with zero attached hydrogens (tertiary/aromatic N) is 2. The summed E-state index contributed by atoms with van der Waals surface area (Å²) in [5.41, 5.74) is 1.06. The number of carbonyl (C=O) groups is 2. The average Bonchev–Trinajstić information content (AvgIpc) is 2.63. The first-order valence-electron chi connectivity index (χ1n) is 9.97. The van der Waals surface area contributed by atoms with E-state index in [2.05, 4.69) is 41.8 Å². The number of pyridine rings is 2. The Kier molecular flexibility index (Phi) is 10.1. The van der Waals surface area contributed by atoms with Crippen molar-refractivity contribution in [3.63, 3.8) is 0 Å². The van der Waals surface area contributed by atoms with Crippen LogP contribution in [-0.2, 0) is 14.3 Å². The molecule has 2 aromatic heterocycles. The maximum Gasteiger partial charge on any atom is 0.408 e. The van der Waals surface area contributed by atoms with Crippen LogP contribution in [0.25, 0.3) is 11.0 Å². The van der Waals surface area contributed by atoms with Crippen LogP contribution in [0.4, 0.5) is 16.2 Å². The SMILES string of the molecule is CCOCC(=O)Nc1cnc2cc(Br)cnc2c1NCC(C)(C)NC(=O)OC(C)(C)C.Cl. The molecule has 2 amide bonds. The number of ether oxygens (including phenoxy) is 2. The zero-order valence-electron chi connectivity index (χ0n) is 19.2. The van der Waals surface area contributed by atoms with Crippen LogP contribution in [0.15, 0.2) is 22.9 Å². The van der Waals surface area contributed by atoms with E-state index < -0.39 is 17.2 Å². The van der Waals surface area contributed by atoms with Crippen molar-refractivity contribution in [1.82, 2.24) is 15.3 Å². The Hall–Kier alpha value is -2.17. The molecule has 0 unspecified atom stereocenters. The second kappa shape index (κ2) is 11.6. The number of fused-ring (bicyclic) bond motifs is 1. The molecular formula is C21H31BrClN5O4. The molecule has 32 heavy (non-hydrogen) atoms. The van der Waals surface area contributed by atoms with Crippen molar-refractivity contribution in [2.75, 3.05) is 30.4 Å². The fourth-order valence-electron chi connectivity index (χ4n) is 2.63. The zero-order valence-corrected chi connectivity index (χ0v) is 21.6. The number of alkyl carbamates (subject to hydrolysis) is 1. The van der Waals surface area contributed by atoms with Gasteiger partial charge in [-0.25, -0.2) is 4.79 Å². The summed E-state index contributed by atoms with van der Waals surface area (Å²) in [5, 5.41) is 8.96. The Balaban J connectivity index is 0.00000512. The number of amides is 2. The molecule has 0 aliphatic rings. The number of carbonyl (C=O) groups excluding carboxylic acids is 2. The minimum absolute atomic E-state index is 0. The summed E-state index contributed by atoms with van der Waals surface area (Å²) in [5.74, 6) is -0.297. The number of halogens is 2. The Morgan fingerprint density at radius 3 is 2.44 bits per heavy atom. The number of rotatable bonds is 8. The van der Waals surface area contributed by atoms with E-state index in [0.29, 0.717) is 35.6 Å². The first kappa shape index (κ1) is 27.9. The van der Waals surface area contributed by atoms with Gasteiger partial charge in [0.15, 0.2) is 0 Å². The molecule has 0 aliphatic carbocycles.